The molecule has 190 valence electrons. The fraction of sp³-hybridized carbons (Fsp3) is 0.577. The van der Waals surface area contributed by atoms with Crippen LogP contribution in [0.15, 0.2) is 43.0 Å². The van der Waals surface area contributed by atoms with Crippen LogP contribution in [-0.2, 0) is 14.3 Å². The Morgan fingerprint density at radius 3 is 2.32 bits per heavy atom. The Kier molecular flexibility index (Phi) is 12.8. The first-order valence-corrected chi connectivity index (χ1v) is 13.2. The molecule has 3 amide bonds. The molecular formula is C26H41N3O4S. The molecule has 2 N–H and O–H groups in total. The smallest absolute Gasteiger partial charge is 0.408 e. The summed E-state index contributed by atoms with van der Waals surface area (Å²) in [5, 5.41) is 5.77. The van der Waals surface area contributed by atoms with Crippen molar-refractivity contribution < 1.29 is 19.1 Å². The fourth-order valence-corrected chi connectivity index (χ4v) is 4.01. The zero-order chi connectivity index (χ0) is 25.7. The van der Waals surface area contributed by atoms with Crippen molar-refractivity contribution in [2.75, 3.05) is 18.6 Å². The molecule has 0 aliphatic heterocycles. The molecule has 0 saturated carbocycles. The van der Waals surface area contributed by atoms with Crippen LogP contribution in [0, 0.1) is 0 Å². The van der Waals surface area contributed by atoms with Crippen molar-refractivity contribution in [3.63, 3.8) is 0 Å². The van der Waals surface area contributed by atoms with Crippen molar-refractivity contribution in [3.8, 4) is 0 Å². The number of carbonyl (C=O) groups excluding carboxylic acids is 3. The van der Waals surface area contributed by atoms with E-state index in [1.807, 2.05) is 43.5 Å². The van der Waals surface area contributed by atoms with Crippen LogP contribution in [-0.4, -0.2) is 59.0 Å². The third-order valence-corrected chi connectivity index (χ3v) is 5.64. The molecule has 0 aliphatic rings. The average Bonchev–Trinajstić information content (AvgIpc) is 2.75. The highest BCUT2D eigenvalue weighted by Gasteiger charge is 2.35. The monoisotopic (exact) mass is 491 g/mol. The summed E-state index contributed by atoms with van der Waals surface area (Å²) in [5.41, 5.74) is -0.000333. The van der Waals surface area contributed by atoms with Gasteiger partial charge in [-0.05, 0) is 58.1 Å². The third-order valence-electron chi connectivity index (χ3n) is 4.99. The van der Waals surface area contributed by atoms with Gasteiger partial charge in [-0.2, -0.15) is 11.8 Å². The van der Waals surface area contributed by atoms with Gasteiger partial charge in [0.05, 0.1) is 0 Å². The molecular weight excluding hydrogens is 450 g/mol. The molecule has 0 bridgehead atoms. The Morgan fingerprint density at radius 1 is 1.15 bits per heavy atom. The molecule has 0 aliphatic carbocycles. The highest BCUT2D eigenvalue weighted by atomic mass is 32.2. The first-order chi connectivity index (χ1) is 16.0. The second kappa shape index (κ2) is 14.7. The Hall–Kier alpha value is -2.48. The summed E-state index contributed by atoms with van der Waals surface area (Å²) in [6.07, 6.45) is 5.04. The van der Waals surface area contributed by atoms with Gasteiger partial charge in [-0.3, -0.25) is 9.59 Å². The van der Waals surface area contributed by atoms with Crippen molar-refractivity contribution in [3.05, 3.63) is 48.6 Å². The van der Waals surface area contributed by atoms with Gasteiger partial charge in [0.1, 0.15) is 17.7 Å². The van der Waals surface area contributed by atoms with E-state index in [1.54, 1.807) is 38.6 Å². The predicted octanol–water partition coefficient (Wildman–Crippen LogP) is 4.69. The summed E-state index contributed by atoms with van der Waals surface area (Å²) >= 11 is 1.58. The third kappa shape index (κ3) is 10.2. The summed E-state index contributed by atoms with van der Waals surface area (Å²) in [6, 6.07) is 7.47. The summed E-state index contributed by atoms with van der Waals surface area (Å²) in [4.78, 5) is 41.2. The molecule has 3 atom stereocenters. The normalized spacial score (nSPS) is 13.8. The van der Waals surface area contributed by atoms with Gasteiger partial charge in [0, 0.05) is 12.6 Å². The Morgan fingerprint density at radius 2 is 1.79 bits per heavy atom. The number of ether oxygens (including phenoxy) is 1. The molecule has 0 saturated heterocycles. The lowest BCUT2D eigenvalue weighted by atomic mass is 10.0. The van der Waals surface area contributed by atoms with Crippen LogP contribution in [0.25, 0.3) is 0 Å². The van der Waals surface area contributed by atoms with E-state index in [9.17, 15) is 14.4 Å². The molecule has 1 aromatic rings. The van der Waals surface area contributed by atoms with Gasteiger partial charge in [0.15, 0.2) is 0 Å². The first-order valence-electron chi connectivity index (χ1n) is 11.8. The second-order valence-corrected chi connectivity index (χ2v) is 10.3. The maximum atomic E-state index is 13.8. The van der Waals surface area contributed by atoms with Crippen molar-refractivity contribution in [1.82, 2.24) is 15.5 Å². The van der Waals surface area contributed by atoms with Crippen LogP contribution >= 0.6 is 11.8 Å². The SMILES string of the molecule is C=CCN(C(=O)C(CCSC)NC(=O)OC(C)(C)C)C(C(=O)NC(C)CCC)c1ccccc1. The number of hydrogen-bond donors (Lipinski definition) is 2. The predicted molar refractivity (Wildman–Crippen MR) is 140 cm³/mol. The van der Waals surface area contributed by atoms with Crippen molar-refractivity contribution >= 4 is 29.7 Å². The number of alkyl carbamates (subject to hydrolysis) is 1. The van der Waals surface area contributed by atoms with E-state index >= 15 is 0 Å². The molecule has 1 aromatic carbocycles. The van der Waals surface area contributed by atoms with Gasteiger partial charge >= 0.3 is 6.09 Å². The molecule has 0 fully saturated rings. The van der Waals surface area contributed by atoms with Crippen LogP contribution < -0.4 is 10.6 Å². The molecule has 0 heterocycles. The highest BCUT2D eigenvalue weighted by Crippen LogP contribution is 2.24. The van der Waals surface area contributed by atoms with Gasteiger partial charge in [-0.15, -0.1) is 6.58 Å². The quantitative estimate of drug-likeness (QED) is 0.391. The minimum Gasteiger partial charge on any atom is -0.444 e. The fourth-order valence-electron chi connectivity index (χ4n) is 3.54. The topological polar surface area (TPSA) is 87.7 Å². The maximum absolute atomic E-state index is 13.8. The molecule has 0 spiro atoms. The Bertz CT molecular complexity index is 795. The molecule has 0 radical (unpaired) electrons. The molecule has 34 heavy (non-hydrogen) atoms. The van der Waals surface area contributed by atoms with Crippen LogP contribution in [0.4, 0.5) is 4.79 Å². The number of thioether (sulfide) groups is 1. The summed E-state index contributed by atoms with van der Waals surface area (Å²) < 4.78 is 5.38. The van der Waals surface area contributed by atoms with E-state index in [1.165, 1.54) is 4.90 Å². The van der Waals surface area contributed by atoms with Crippen molar-refractivity contribution in [2.45, 2.75) is 77.6 Å². The van der Waals surface area contributed by atoms with Crippen molar-refractivity contribution in [2.24, 2.45) is 0 Å². The van der Waals surface area contributed by atoms with Crippen LogP contribution in [0.1, 0.15) is 65.5 Å². The van der Waals surface area contributed by atoms with E-state index in [0.717, 1.165) is 12.8 Å². The summed E-state index contributed by atoms with van der Waals surface area (Å²) in [5.74, 6) is 0.0411. The van der Waals surface area contributed by atoms with Crippen LogP contribution in [0.3, 0.4) is 0 Å². The lowest BCUT2D eigenvalue weighted by molar-refractivity contribution is -0.142. The zero-order valence-electron chi connectivity index (χ0n) is 21.4. The largest absolute Gasteiger partial charge is 0.444 e. The standard InChI is InChI=1S/C26H41N3O4S/c1-8-13-19(3)27-23(30)22(20-14-11-10-12-15-20)29(17-9-2)24(31)21(16-18-34-7)28-25(32)33-26(4,5)6/h9-12,14-15,19,21-22H,2,8,13,16-18H2,1,3-7H3,(H,27,30)(H,28,32). The summed E-state index contributed by atoms with van der Waals surface area (Å²) in [6.45, 7) is 13.3. The maximum Gasteiger partial charge on any atom is 0.408 e. The number of benzene rings is 1. The van der Waals surface area contributed by atoms with Gasteiger partial charge in [0.2, 0.25) is 11.8 Å². The number of carbonyl (C=O) groups is 3. The number of hydrogen-bond acceptors (Lipinski definition) is 5. The number of rotatable bonds is 13. The average molecular weight is 492 g/mol. The first kappa shape index (κ1) is 29.6. The van der Waals surface area contributed by atoms with Crippen LogP contribution in [0.2, 0.25) is 0 Å². The molecule has 8 heteroatoms. The Balaban J connectivity index is 3.33. The van der Waals surface area contributed by atoms with E-state index in [4.69, 9.17) is 4.74 Å². The summed E-state index contributed by atoms with van der Waals surface area (Å²) in [7, 11) is 0. The molecule has 0 aromatic heterocycles. The minimum absolute atomic E-state index is 0.0310. The van der Waals surface area contributed by atoms with Crippen molar-refractivity contribution in [1.29, 1.82) is 0 Å². The van der Waals surface area contributed by atoms with Gasteiger partial charge < -0.3 is 20.3 Å². The Labute approximate surface area is 209 Å². The lowest BCUT2D eigenvalue weighted by Crippen LogP contribution is -2.53. The number of nitrogens with one attached hydrogen (secondary N) is 2. The van der Waals surface area contributed by atoms with E-state index in [-0.39, 0.29) is 24.4 Å². The van der Waals surface area contributed by atoms with E-state index < -0.39 is 23.8 Å². The second-order valence-electron chi connectivity index (χ2n) is 9.27. The van der Waals surface area contributed by atoms with Gasteiger partial charge in [-0.25, -0.2) is 4.79 Å². The molecule has 3 unspecified atom stereocenters. The number of nitrogens with zero attached hydrogens (tertiary/aromatic N) is 1. The minimum atomic E-state index is -0.858. The lowest BCUT2D eigenvalue weighted by Gasteiger charge is -2.34. The van der Waals surface area contributed by atoms with Gasteiger partial charge in [0.25, 0.3) is 0 Å². The van der Waals surface area contributed by atoms with E-state index in [2.05, 4.69) is 24.1 Å². The number of amides is 3. The van der Waals surface area contributed by atoms with E-state index in [0.29, 0.717) is 17.7 Å². The van der Waals surface area contributed by atoms with Gasteiger partial charge in [-0.1, -0.05) is 49.8 Å². The zero-order valence-corrected chi connectivity index (χ0v) is 22.2. The highest BCUT2D eigenvalue weighted by molar-refractivity contribution is 7.98. The molecule has 7 nitrogen and oxygen atoms in total. The van der Waals surface area contributed by atoms with Crippen LogP contribution in [0.5, 0.6) is 0 Å². The molecule has 1 rings (SSSR count).